The molecule has 0 unspecified atom stereocenters. The lowest BCUT2D eigenvalue weighted by Crippen LogP contribution is -1.89. The zero-order chi connectivity index (χ0) is 9.30. The summed E-state index contributed by atoms with van der Waals surface area (Å²) in [7, 11) is 0. The minimum atomic E-state index is 0.307. The van der Waals surface area contributed by atoms with Crippen molar-refractivity contribution in [2.75, 3.05) is 0 Å². The lowest BCUT2D eigenvalue weighted by molar-refractivity contribution is 0.469. The smallest absolute Gasteiger partial charge is 0.192 e. The molecule has 0 aliphatic heterocycles. The fourth-order valence-corrected chi connectivity index (χ4v) is 4.21. The monoisotopic (exact) mass is 614 g/mol. The summed E-state index contributed by atoms with van der Waals surface area (Å²) in [4.78, 5) is 0. The molecule has 1 aromatic carbocycles. The summed E-state index contributed by atoms with van der Waals surface area (Å²) in [6.45, 7) is 0. The summed E-state index contributed by atoms with van der Waals surface area (Å²) in [6.07, 6.45) is 0. The zero-order valence-electron chi connectivity index (χ0n) is 5.44. The topological polar surface area (TPSA) is 29.5 Å². The van der Waals surface area contributed by atoms with Crippen molar-refractivity contribution in [3.05, 3.63) is 16.8 Å². The minimum absolute atomic E-state index is 0.307. The average molecular weight is 614 g/mol. The van der Waals surface area contributed by atoms with E-state index in [1.807, 2.05) is 23.0 Å². The molecule has 12 heavy (non-hydrogen) atoms. The SMILES string of the molecule is Oc1cc(I)c(OI)c(I)c1I. The van der Waals surface area contributed by atoms with E-state index >= 15 is 0 Å². The lowest BCUT2D eigenvalue weighted by atomic mass is 10.3. The zero-order valence-corrected chi connectivity index (χ0v) is 14.1. The Kier molecular flexibility index (Phi) is 4.92. The number of aromatic hydroxyl groups is 1. The molecular formula is C6H2I4O2. The second-order valence-corrected chi connectivity index (χ2v) is 5.67. The highest BCUT2D eigenvalue weighted by atomic mass is 127. The fourth-order valence-electron chi connectivity index (χ4n) is 0.637. The average Bonchev–Trinajstić information content (AvgIpc) is 2.01. The largest absolute Gasteiger partial charge is 0.507 e. The van der Waals surface area contributed by atoms with Gasteiger partial charge in [0.25, 0.3) is 0 Å². The van der Waals surface area contributed by atoms with Crippen LogP contribution in [0.2, 0.25) is 0 Å². The first kappa shape index (κ1) is 11.8. The van der Waals surface area contributed by atoms with Crippen molar-refractivity contribution in [3.63, 3.8) is 0 Å². The van der Waals surface area contributed by atoms with Crippen LogP contribution in [0, 0.1) is 10.7 Å². The highest BCUT2D eigenvalue weighted by molar-refractivity contribution is 14.1. The highest BCUT2D eigenvalue weighted by Crippen LogP contribution is 2.37. The Morgan fingerprint density at radius 3 is 2.25 bits per heavy atom. The third kappa shape index (κ3) is 2.40. The number of hydrogen-bond acceptors (Lipinski definition) is 2. The lowest BCUT2D eigenvalue weighted by Gasteiger charge is -2.07. The van der Waals surface area contributed by atoms with Gasteiger partial charge >= 0.3 is 0 Å². The van der Waals surface area contributed by atoms with Crippen LogP contribution < -0.4 is 3.07 Å². The molecule has 6 heteroatoms. The molecule has 0 aromatic heterocycles. The fraction of sp³-hybridized carbons (Fsp3) is 0. The number of phenolic OH excluding ortho intramolecular Hbond substituents is 1. The van der Waals surface area contributed by atoms with Gasteiger partial charge in [-0.1, -0.05) is 0 Å². The Morgan fingerprint density at radius 1 is 1.17 bits per heavy atom. The van der Waals surface area contributed by atoms with Crippen molar-refractivity contribution in [1.82, 2.24) is 0 Å². The van der Waals surface area contributed by atoms with Gasteiger partial charge in [0.15, 0.2) is 28.8 Å². The van der Waals surface area contributed by atoms with E-state index in [2.05, 4.69) is 67.8 Å². The molecule has 0 spiro atoms. The van der Waals surface area contributed by atoms with E-state index in [1.165, 1.54) is 0 Å². The summed E-state index contributed by atoms with van der Waals surface area (Å²) < 4.78 is 7.86. The van der Waals surface area contributed by atoms with Crippen LogP contribution in [0.4, 0.5) is 0 Å². The molecule has 66 valence electrons. The van der Waals surface area contributed by atoms with Crippen molar-refractivity contribution in [2.45, 2.75) is 0 Å². The Hall–Kier alpha value is 1.74. The van der Waals surface area contributed by atoms with Crippen LogP contribution in [0.15, 0.2) is 6.07 Å². The second kappa shape index (κ2) is 5.00. The number of hydrogen-bond donors (Lipinski definition) is 1. The van der Waals surface area contributed by atoms with Crippen LogP contribution in [0.25, 0.3) is 0 Å². The number of benzene rings is 1. The quantitative estimate of drug-likeness (QED) is 0.385. The van der Waals surface area contributed by atoms with Gasteiger partial charge in [-0.05, 0) is 73.8 Å². The summed E-state index contributed by atoms with van der Waals surface area (Å²) in [5.74, 6) is 1.13. The van der Waals surface area contributed by atoms with E-state index in [9.17, 15) is 5.11 Å². The third-order valence-corrected chi connectivity index (χ3v) is 5.57. The van der Waals surface area contributed by atoms with Crippen LogP contribution in [-0.4, -0.2) is 5.11 Å². The van der Waals surface area contributed by atoms with Gasteiger partial charge in [-0.3, -0.25) is 0 Å². The van der Waals surface area contributed by atoms with Gasteiger partial charge in [0.05, 0.1) is 10.7 Å². The first-order valence-corrected chi connectivity index (χ1v) is 6.84. The molecule has 2 nitrogen and oxygen atoms in total. The summed E-state index contributed by atoms with van der Waals surface area (Å²) in [5, 5.41) is 9.43. The molecule has 0 aliphatic carbocycles. The van der Waals surface area contributed by atoms with E-state index in [0.29, 0.717) is 5.75 Å². The van der Waals surface area contributed by atoms with Crippen LogP contribution in [0.3, 0.4) is 0 Å². The maximum Gasteiger partial charge on any atom is 0.192 e. The van der Waals surface area contributed by atoms with Crippen molar-refractivity contribution in [1.29, 1.82) is 0 Å². The van der Waals surface area contributed by atoms with Gasteiger partial charge in [0, 0.05) is 0 Å². The van der Waals surface area contributed by atoms with Crippen molar-refractivity contribution < 1.29 is 8.17 Å². The molecule has 1 aromatic rings. The number of phenols is 1. The van der Waals surface area contributed by atoms with E-state index in [4.69, 9.17) is 3.07 Å². The number of halogens is 4. The molecule has 0 bridgehead atoms. The molecular weight excluding hydrogens is 612 g/mol. The Morgan fingerprint density at radius 2 is 1.75 bits per heavy atom. The molecule has 0 atom stereocenters. The highest BCUT2D eigenvalue weighted by Gasteiger charge is 2.13. The van der Waals surface area contributed by atoms with E-state index < -0.39 is 0 Å². The molecule has 0 saturated heterocycles. The van der Waals surface area contributed by atoms with Crippen LogP contribution in [-0.2, 0) is 0 Å². The van der Waals surface area contributed by atoms with Gasteiger partial charge in [-0.15, -0.1) is 0 Å². The van der Waals surface area contributed by atoms with Crippen LogP contribution in [0.1, 0.15) is 0 Å². The Balaban J connectivity index is 3.40. The van der Waals surface area contributed by atoms with Crippen LogP contribution in [0.5, 0.6) is 11.5 Å². The van der Waals surface area contributed by atoms with Crippen molar-refractivity contribution in [3.8, 4) is 11.5 Å². The van der Waals surface area contributed by atoms with E-state index in [0.717, 1.165) is 16.5 Å². The van der Waals surface area contributed by atoms with E-state index in [1.54, 1.807) is 6.07 Å². The maximum absolute atomic E-state index is 9.43. The van der Waals surface area contributed by atoms with Gasteiger partial charge in [0.1, 0.15) is 5.75 Å². The first-order valence-electron chi connectivity index (χ1n) is 2.73. The molecule has 1 N–H and O–H groups in total. The summed E-state index contributed by atoms with van der Waals surface area (Å²) in [5.41, 5.74) is 0. The third-order valence-electron chi connectivity index (χ3n) is 1.17. The maximum atomic E-state index is 9.43. The molecule has 0 radical (unpaired) electrons. The predicted molar refractivity (Wildman–Crippen MR) is 80.9 cm³/mol. The van der Waals surface area contributed by atoms with Gasteiger partial charge in [0.2, 0.25) is 0 Å². The van der Waals surface area contributed by atoms with Gasteiger partial charge < -0.3 is 8.17 Å². The number of rotatable bonds is 1. The normalized spacial score (nSPS) is 10.0. The standard InChI is InChI=1S/C6H2I4O2/c7-2-1-3(11)4(8)5(9)6(2)12-10/h1,11H. The van der Waals surface area contributed by atoms with Gasteiger partial charge in [-0.25, -0.2) is 0 Å². The Bertz CT molecular complexity index is 313. The van der Waals surface area contributed by atoms with E-state index in [-0.39, 0.29) is 0 Å². The molecule has 0 fully saturated rings. The minimum Gasteiger partial charge on any atom is -0.507 e. The summed E-state index contributed by atoms with van der Waals surface area (Å²) in [6, 6.07) is 1.69. The molecule has 0 aliphatic rings. The van der Waals surface area contributed by atoms with Gasteiger partial charge in [-0.2, -0.15) is 0 Å². The van der Waals surface area contributed by atoms with Crippen LogP contribution >= 0.6 is 90.8 Å². The van der Waals surface area contributed by atoms with Crippen molar-refractivity contribution in [2.24, 2.45) is 0 Å². The molecule has 1 rings (SSSR count). The Labute approximate surface area is 125 Å². The summed E-state index contributed by atoms with van der Waals surface area (Å²) >= 11 is 8.21. The molecule has 0 heterocycles. The predicted octanol–water partition coefficient (Wildman–Crippen LogP) is 3.93. The second-order valence-electron chi connectivity index (χ2n) is 1.91. The first-order chi connectivity index (χ1) is 5.57. The molecule has 0 saturated carbocycles. The van der Waals surface area contributed by atoms with Crippen molar-refractivity contribution >= 4 is 90.8 Å². The molecule has 0 amide bonds.